The van der Waals surface area contributed by atoms with Gasteiger partial charge >= 0.3 is 5.97 Å². The maximum atomic E-state index is 12.6. The Kier molecular flexibility index (Phi) is 6.65. The van der Waals surface area contributed by atoms with Gasteiger partial charge in [-0.25, -0.2) is 4.79 Å². The second kappa shape index (κ2) is 9.17. The minimum Gasteiger partial charge on any atom is -0.462 e. The van der Waals surface area contributed by atoms with Crippen LogP contribution in [0.5, 0.6) is 0 Å². The van der Waals surface area contributed by atoms with Crippen molar-refractivity contribution < 1.29 is 14.3 Å². The Hall–Kier alpha value is -2.44. The molecule has 0 spiro atoms. The Labute approximate surface area is 173 Å². The number of hydrogen-bond acceptors (Lipinski definition) is 5. The van der Waals surface area contributed by atoms with Crippen molar-refractivity contribution in [3.63, 3.8) is 0 Å². The maximum Gasteiger partial charge on any atom is 0.341 e. The fourth-order valence-corrected chi connectivity index (χ4v) is 4.92. The van der Waals surface area contributed by atoms with E-state index in [1.165, 1.54) is 16.9 Å². The SMILES string of the molecule is CCOC(=O)c1c(NC(=O)CCc2ccc(C)cc2)sc(C)c1-c1cccs1. The van der Waals surface area contributed by atoms with E-state index in [1.54, 1.807) is 18.3 Å². The molecule has 0 aliphatic carbocycles. The van der Waals surface area contributed by atoms with Crippen LogP contribution in [0.15, 0.2) is 41.8 Å². The molecule has 0 aliphatic heterocycles. The molecule has 2 heterocycles. The van der Waals surface area contributed by atoms with Crippen molar-refractivity contribution in [2.75, 3.05) is 11.9 Å². The molecule has 0 aliphatic rings. The number of thiophene rings is 2. The first-order chi connectivity index (χ1) is 13.5. The van der Waals surface area contributed by atoms with Gasteiger partial charge in [-0.05, 0) is 44.2 Å². The van der Waals surface area contributed by atoms with E-state index in [9.17, 15) is 9.59 Å². The zero-order valence-corrected chi connectivity index (χ0v) is 17.8. The minimum atomic E-state index is -0.399. The quantitative estimate of drug-likeness (QED) is 0.495. The molecule has 0 atom stereocenters. The Morgan fingerprint density at radius 3 is 2.50 bits per heavy atom. The van der Waals surface area contributed by atoms with E-state index in [0.717, 1.165) is 20.9 Å². The number of esters is 1. The van der Waals surface area contributed by atoms with Crippen molar-refractivity contribution in [2.24, 2.45) is 0 Å². The lowest BCUT2D eigenvalue weighted by Gasteiger charge is -2.08. The lowest BCUT2D eigenvalue weighted by atomic mass is 10.1. The summed E-state index contributed by atoms with van der Waals surface area (Å²) in [4.78, 5) is 27.1. The number of amides is 1. The van der Waals surface area contributed by atoms with E-state index < -0.39 is 5.97 Å². The van der Waals surface area contributed by atoms with Crippen molar-refractivity contribution in [3.05, 3.63) is 63.3 Å². The number of carbonyl (C=O) groups excluding carboxylic acids is 2. The van der Waals surface area contributed by atoms with Crippen molar-refractivity contribution in [2.45, 2.75) is 33.6 Å². The Balaban J connectivity index is 1.80. The monoisotopic (exact) mass is 413 g/mol. The molecule has 1 N–H and O–H groups in total. The maximum absolute atomic E-state index is 12.6. The third-order valence-corrected chi connectivity index (χ3v) is 6.25. The van der Waals surface area contributed by atoms with E-state index in [0.29, 0.717) is 30.0 Å². The lowest BCUT2D eigenvalue weighted by Crippen LogP contribution is -2.15. The van der Waals surface area contributed by atoms with Crippen LogP contribution in [-0.2, 0) is 16.0 Å². The molecule has 4 nitrogen and oxygen atoms in total. The number of ether oxygens (including phenoxy) is 1. The van der Waals surface area contributed by atoms with Crippen LogP contribution in [0, 0.1) is 13.8 Å². The molecule has 3 aromatic rings. The normalized spacial score (nSPS) is 10.7. The molecule has 1 amide bonds. The van der Waals surface area contributed by atoms with Crippen LogP contribution < -0.4 is 5.32 Å². The zero-order valence-electron chi connectivity index (χ0n) is 16.2. The van der Waals surface area contributed by atoms with Crippen molar-refractivity contribution >= 4 is 39.6 Å². The van der Waals surface area contributed by atoms with Gasteiger partial charge in [0, 0.05) is 21.7 Å². The van der Waals surface area contributed by atoms with Gasteiger partial charge in [0.05, 0.1) is 6.61 Å². The third kappa shape index (κ3) is 4.69. The summed E-state index contributed by atoms with van der Waals surface area (Å²) in [6, 6.07) is 12.1. The fraction of sp³-hybridized carbons (Fsp3) is 0.273. The summed E-state index contributed by atoms with van der Waals surface area (Å²) < 4.78 is 5.26. The Morgan fingerprint density at radius 1 is 1.11 bits per heavy atom. The highest BCUT2D eigenvalue weighted by Crippen LogP contribution is 2.42. The summed E-state index contributed by atoms with van der Waals surface area (Å²) in [5.74, 6) is -0.505. The summed E-state index contributed by atoms with van der Waals surface area (Å²) in [5.41, 5.74) is 3.62. The Bertz CT molecular complexity index is 957. The van der Waals surface area contributed by atoms with Gasteiger partial charge in [-0.2, -0.15) is 0 Å². The van der Waals surface area contributed by atoms with Gasteiger partial charge in [-0.15, -0.1) is 22.7 Å². The van der Waals surface area contributed by atoms with E-state index >= 15 is 0 Å². The van der Waals surface area contributed by atoms with Gasteiger partial charge < -0.3 is 10.1 Å². The highest BCUT2D eigenvalue weighted by Gasteiger charge is 2.25. The molecule has 1 aromatic carbocycles. The smallest absolute Gasteiger partial charge is 0.341 e. The zero-order chi connectivity index (χ0) is 20.1. The fourth-order valence-electron chi connectivity index (χ4n) is 2.95. The number of nitrogens with one attached hydrogen (secondary N) is 1. The van der Waals surface area contributed by atoms with Crippen LogP contribution in [0.3, 0.4) is 0 Å². The second-order valence-electron chi connectivity index (χ2n) is 6.47. The molecule has 0 radical (unpaired) electrons. The number of benzene rings is 1. The largest absolute Gasteiger partial charge is 0.462 e. The first-order valence-corrected chi connectivity index (χ1v) is 10.9. The molecular formula is C22H23NO3S2. The summed E-state index contributed by atoms with van der Waals surface area (Å²) in [7, 11) is 0. The molecule has 0 saturated carbocycles. The minimum absolute atomic E-state index is 0.106. The van der Waals surface area contributed by atoms with Gasteiger partial charge in [0.1, 0.15) is 10.6 Å². The Morgan fingerprint density at radius 2 is 1.86 bits per heavy atom. The van der Waals surface area contributed by atoms with Crippen molar-refractivity contribution in [1.82, 2.24) is 0 Å². The molecule has 0 saturated heterocycles. The average Bonchev–Trinajstić information content (AvgIpc) is 3.29. The van der Waals surface area contributed by atoms with Gasteiger partial charge in [0.25, 0.3) is 0 Å². The second-order valence-corrected chi connectivity index (χ2v) is 8.64. The molecule has 0 bridgehead atoms. The van der Waals surface area contributed by atoms with Crippen molar-refractivity contribution in [1.29, 1.82) is 0 Å². The molecule has 2 aromatic heterocycles. The van der Waals surface area contributed by atoms with Crippen LogP contribution in [-0.4, -0.2) is 18.5 Å². The topological polar surface area (TPSA) is 55.4 Å². The number of rotatable bonds is 7. The summed E-state index contributed by atoms with van der Waals surface area (Å²) in [5, 5.41) is 5.47. The lowest BCUT2D eigenvalue weighted by molar-refractivity contribution is -0.116. The first-order valence-electron chi connectivity index (χ1n) is 9.19. The summed E-state index contributed by atoms with van der Waals surface area (Å²) in [6.45, 7) is 6.07. The molecule has 28 heavy (non-hydrogen) atoms. The highest BCUT2D eigenvalue weighted by molar-refractivity contribution is 7.18. The van der Waals surface area contributed by atoms with Gasteiger partial charge in [-0.1, -0.05) is 35.9 Å². The van der Waals surface area contributed by atoms with E-state index in [1.807, 2.05) is 55.6 Å². The standard InChI is InChI=1S/C22H23NO3S2/c1-4-26-22(25)20-19(17-6-5-13-27-17)15(3)28-21(20)23-18(24)12-11-16-9-7-14(2)8-10-16/h5-10,13H,4,11-12H2,1-3H3,(H,23,24). The number of carbonyl (C=O) groups is 2. The van der Waals surface area contributed by atoms with E-state index in [2.05, 4.69) is 5.32 Å². The molecule has 3 rings (SSSR count). The van der Waals surface area contributed by atoms with E-state index in [4.69, 9.17) is 4.74 Å². The highest BCUT2D eigenvalue weighted by atomic mass is 32.1. The van der Waals surface area contributed by atoms with Crippen LogP contribution in [0.2, 0.25) is 0 Å². The van der Waals surface area contributed by atoms with Gasteiger partial charge in [0.15, 0.2) is 0 Å². The van der Waals surface area contributed by atoms with Crippen LogP contribution >= 0.6 is 22.7 Å². The third-order valence-electron chi connectivity index (χ3n) is 4.35. The molecule has 0 fully saturated rings. The predicted molar refractivity (Wildman–Crippen MR) is 116 cm³/mol. The van der Waals surface area contributed by atoms with E-state index in [-0.39, 0.29) is 5.91 Å². The van der Waals surface area contributed by atoms with Gasteiger partial charge in [0.2, 0.25) is 5.91 Å². The molecular weight excluding hydrogens is 390 g/mol. The number of anilines is 1. The molecule has 146 valence electrons. The average molecular weight is 414 g/mol. The van der Waals surface area contributed by atoms with Gasteiger partial charge in [-0.3, -0.25) is 4.79 Å². The number of aryl methyl sites for hydroxylation is 3. The molecule has 6 heteroatoms. The summed E-state index contributed by atoms with van der Waals surface area (Å²) in [6.07, 6.45) is 1.01. The van der Waals surface area contributed by atoms with Crippen LogP contribution in [0.1, 0.15) is 39.7 Å². The first kappa shape index (κ1) is 20.3. The van der Waals surface area contributed by atoms with Crippen LogP contribution in [0.4, 0.5) is 5.00 Å². The predicted octanol–water partition coefficient (Wildman–Crippen LogP) is 5.84. The number of hydrogen-bond donors (Lipinski definition) is 1. The summed E-state index contributed by atoms with van der Waals surface area (Å²) >= 11 is 2.99. The molecule has 0 unspecified atom stereocenters. The van der Waals surface area contributed by atoms with Crippen LogP contribution in [0.25, 0.3) is 10.4 Å². The van der Waals surface area contributed by atoms with Crippen molar-refractivity contribution in [3.8, 4) is 10.4 Å².